The van der Waals surface area contributed by atoms with Crippen LogP contribution in [-0.4, -0.2) is 22.7 Å². The molecule has 0 saturated heterocycles. The van der Waals surface area contributed by atoms with Crippen molar-refractivity contribution >= 4 is 5.97 Å². The van der Waals surface area contributed by atoms with Gasteiger partial charge < -0.3 is 9.84 Å². The molecule has 1 aromatic heterocycles. The van der Waals surface area contributed by atoms with Gasteiger partial charge in [-0.25, -0.2) is 4.79 Å². The number of halogens is 2. The fourth-order valence-electron chi connectivity index (χ4n) is 0.741. The maximum Gasteiger partial charge on any atom is 0.387 e. The van der Waals surface area contributed by atoms with Crippen molar-refractivity contribution in [3.63, 3.8) is 0 Å². The monoisotopic (exact) mass is 189 g/mol. The molecule has 70 valence electrons. The number of carbonyl (C=O) groups is 1. The molecule has 1 aromatic rings. The van der Waals surface area contributed by atoms with E-state index in [1.807, 2.05) is 0 Å². The second-order valence-corrected chi connectivity index (χ2v) is 2.06. The first-order valence-corrected chi connectivity index (χ1v) is 3.23. The maximum atomic E-state index is 11.7. The van der Waals surface area contributed by atoms with E-state index in [2.05, 4.69) is 9.72 Å². The number of aromatic nitrogens is 1. The summed E-state index contributed by atoms with van der Waals surface area (Å²) in [5.74, 6) is -1.75. The van der Waals surface area contributed by atoms with Gasteiger partial charge in [0.15, 0.2) is 0 Å². The van der Waals surface area contributed by atoms with Crippen LogP contribution in [0.2, 0.25) is 0 Å². The molecule has 1 N–H and O–H groups in total. The summed E-state index contributed by atoms with van der Waals surface area (Å²) in [6.45, 7) is -3.04. The zero-order valence-electron chi connectivity index (χ0n) is 6.28. The van der Waals surface area contributed by atoms with Gasteiger partial charge in [-0.05, 0) is 6.07 Å². The fourth-order valence-corrected chi connectivity index (χ4v) is 0.741. The van der Waals surface area contributed by atoms with Crippen molar-refractivity contribution in [3.05, 3.63) is 24.0 Å². The molecule has 0 aliphatic carbocycles. The van der Waals surface area contributed by atoms with Crippen molar-refractivity contribution in [2.45, 2.75) is 6.61 Å². The quantitative estimate of drug-likeness (QED) is 0.780. The van der Waals surface area contributed by atoms with Crippen LogP contribution in [0.4, 0.5) is 8.78 Å². The van der Waals surface area contributed by atoms with Gasteiger partial charge >= 0.3 is 12.6 Å². The molecule has 0 spiro atoms. The highest BCUT2D eigenvalue weighted by Gasteiger charge is 2.14. The zero-order chi connectivity index (χ0) is 9.84. The molecule has 0 unspecified atom stereocenters. The Bertz CT molecular complexity index is 316. The van der Waals surface area contributed by atoms with Gasteiger partial charge in [-0.1, -0.05) is 0 Å². The van der Waals surface area contributed by atoms with Crippen LogP contribution in [0.5, 0.6) is 5.75 Å². The maximum absolute atomic E-state index is 11.7. The van der Waals surface area contributed by atoms with Gasteiger partial charge in [0, 0.05) is 12.4 Å². The van der Waals surface area contributed by atoms with Gasteiger partial charge in [0.05, 0.1) is 0 Å². The van der Waals surface area contributed by atoms with E-state index < -0.39 is 18.3 Å². The van der Waals surface area contributed by atoms with Gasteiger partial charge in [0.25, 0.3) is 0 Å². The number of carboxylic acids is 1. The van der Waals surface area contributed by atoms with Crippen LogP contribution in [0.3, 0.4) is 0 Å². The van der Waals surface area contributed by atoms with Crippen molar-refractivity contribution in [1.82, 2.24) is 4.98 Å². The minimum absolute atomic E-state index is 0.386. The molecule has 0 aliphatic heterocycles. The number of ether oxygens (including phenoxy) is 1. The minimum atomic E-state index is -3.04. The highest BCUT2D eigenvalue weighted by atomic mass is 19.3. The number of aromatic carboxylic acids is 1. The fraction of sp³-hybridized carbons (Fsp3) is 0.143. The van der Waals surface area contributed by atoms with Gasteiger partial charge in [-0.2, -0.15) is 8.78 Å². The summed E-state index contributed by atoms with van der Waals surface area (Å²) < 4.78 is 27.4. The Balaban J connectivity index is 2.98. The Hall–Kier alpha value is -1.72. The number of hydrogen-bond acceptors (Lipinski definition) is 3. The molecule has 0 amide bonds. The summed E-state index contributed by atoms with van der Waals surface area (Å²) >= 11 is 0. The van der Waals surface area contributed by atoms with Crippen LogP contribution in [0.15, 0.2) is 18.5 Å². The molecule has 0 fully saturated rings. The normalized spacial score (nSPS) is 10.1. The number of alkyl halides is 2. The summed E-state index contributed by atoms with van der Waals surface area (Å²) in [5, 5.41) is 8.51. The highest BCUT2D eigenvalue weighted by molar-refractivity contribution is 5.90. The second-order valence-electron chi connectivity index (χ2n) is 2.06. The lowest BCUT2D eigenvalue weighted by molar-refractivity contribution is -0.0503. The first kappa shape index (κ1) is 9.37. The zero-order valence-corrected chi connectivity index (χ0v) is 6.28. The van der Waals surface area contributed by atoms with Crippen molar-refractivity contribution in [1.29, 1.82) is 0 Å². The molecule has 0 saturated carbocycles. The van der Waals surface area contributed by atoms with Crippen molar-refractivity contribution < 1.29 is 23.4 Å². The van der Waals surface area contributed by atoms with E-state index in [0.717, 1.165) is 12.3 Å². The average molecular weight is 189 g/mol. The molecule has 6 heteroatoms. The Morgan fingerprint density at radius 1 is 1.62 bits per heavy atom. The van der Waals surface area contributed by atoms with Crippen LogP contribution in [-0.2, 0) is 0 Å². The van der Waals surface area contributed by atoms with E-state index in [9.17, 15) is 13.6 Å². The molecule has 4 nitrogen and oxygen atoms in total. The van der Waals surface area contributed by atoms with Crippen molar-refractivity contribution in [2.24, 2.45) is 0 Å². The third-order valence-electron chi connectivity index (χ3n) is 1.23. The predicted molar refractivity (Wildman–Crippen MR) is 37.8 cm³/mol. The average Bonchev–Trinajstić information content (AvgIpc) is 2.03. The predicted octanol–water partition coefficient (Wildman–Crippen LogP) is 1.38. The number of pyridine rings is 1. The van der Waals surface area contributed by atoms with Crippen LogP contribution < -0.4 is 4.74 Å². The summed E-state index contributed by atoms with van der Waals surface area (Å²) in [6.07, 6.45) is 2.12. The number of carboxylic acid groups (broad SMARTS) is 1. The Kier molecular flexibility index (Phi) is 2.73. The molecule has 0 atom stereocenters. The van der Waals surface area contributed by atoms with Crippen molar-refractivity contribution in [3.8, 4) is 5.75 Å². The lowest BCUT2D eigenvalue weighted by Gasteiger charge is -2.05. The summed E-state index contributed by atoms with van der Waals surface area (Å²) in [5.41, 5.74) is -0.386. The second kappa shape index (κ2) is 3.79. The summed E-state index contributed by atoms with van der Waals surface area (Å²) in [4.78, 5) is 13.9. The highest BCUT2D eigenvalue weighted by Crippen LogP contribution is 2.18. The minimum Gasteiger partial charge on any atom is -0.477 e. The van der Waals surface area contributed by atoms with Crippen LogP contribution in [0, 0.1) is 0 Å². The first-order valence-electron chi connectivity index (χ1n) is 3.23. The number of rotatable bonds is 3. The van der Waals surface area contributed by atoms with Gasteiger partial charge in [-0.15, -0.1) is 0 Å². The molecule has 0 aliphatic rings. The molecular formula is C7H5F2NO3. The molecule has 0 radical (unpaired) electrons. The standard InChI is InChI=1S/C7H5F2NO3/c8-7(9)13-5-1-2-10-3-4(5)6(11)12/h1-3,7H,(H,11,12). The van der Waals surface area contributed by atoms with E-state index in [0.29, 0.717) is 0 Å². The van der Waals surface area contributed by atoms with Crippen LogP contribution >= 0.6 is 0 Å². The van der Waals surface area contributed by atoms with Crippen molar-refractivity contribution in [2.75, 3.05) is 0 Å². The number of hydrogen-bond donors (Lipinski definition) is 1. The summed E-state index contributed by atoms with van der Waals surface area (Å²) in [7, 11) is 0. The molecule has 1 rings (SSSR count). The Morgan fingerprint density at radius 2 is 2.31 bits per heavy atom. The van der Waals surface area contributed by atoms with E-state index in [1.165, 1.54) is 6.20 Å². The smallest absolute Gasteiger partial charge is 0.387 e. The van der Waals surface area contributed by atoms with Gasteiger partial charge in [0.2, 0.25) is 0 Å². The largest absolute Gasteiger partial charge is 0.477 e. The van der Waals surface area contributed by atoms with Crippen LogP contribution in [0.1, 0.15) is 10.4 Å². The first-order chi connectivity index (χ1) is 6.11. The van der Waals surface area contributed by atoms with Gasteiger partial charge in [0.1, 0.15) is 11.3 Å². The summed E-state index contributed by atoms with van der Waals surface area (Å²) in [6, 6.07) is 1.07. The van der Waals surface area contributed by atoms with Crippen LogP contribution in [0.25, 0.3) is 0 Å². The molecule has 1 heterocycles. The van der Waals surface area contributed by atoms with E-state index >= 15 is 0 Å². The molecular weight excluding hydrogens is 184 g/mol. The van der Waals surface area contributed by atoms with E-state index in [1.54, 1.807) is 0 Å². The Morgan fingerprint density at radius 3 is 2.85 bits per heavy atom. The van der Waals surface area contributed by atoms with E-state index in [4.69, 9.17) is 5.11 Å². The lowest BCUT2D eigenvalue weighted by Crippen LogP contribution is -2.07. The van der Waals surface area contributed by atoms with E-state index in [-0.39, 0.29) is 5.56 Å². The SMILES string of the molecule is O=C(O)c1cnccc1OC(F)F. The third kappa shape index (κ3) is 2.36. The lowest BCUT2D eigenvalue weighted by atomic mass is 10.2. The molecule has 0 bridgehead atoms. The Labute approximate surface area is 71.8 Å². The molecule has 13 heavy (non-hydrogen) atoms. The van der Waals surface area contributed by atoms with Gasteiger partial charge in [-0.3, -0.25) is 4.98 Å². The molecule has 0 aromatic carbocycles. The number of nitrogens with zero attached hydrogens (tertiary/aromatic N) is 1. The third-order valence-corrected chi connectivity index (χ3v) is 1.23. The topological polar surface area (TPSA) is 59.4 Å².